The summed E-state index contributed by atoms with van der Waals surface area (Å²) in [6, 6.07) is 0. The molecule has 0 rings (SSSR count). The van der Waals surface area contributed by atoms with E-state index in [4.69, 9.17) is 0 Å². The quantitative estimate of drug-likeness (QED) is 0.531. The van der Waals surface area contributed by atoms with E-state index in [1.807, 2.05) is 0 Å². The number of nitrogens with zero attached hydrogens (tertiary/aromatic N) is 1. The second-order valence-corrected chi connectivity index (χ2v) is 4.31. The van der Waals surface area contributed by atoms with E-state index in [0.717, 1.165) is 0 Å². The summed E-state index contributed by atoms with van der Waals surface area (Å²) < 4.78 is 54.7. The molecule has 0 heterocycles. The lowest BCUT2D eigenvalue weighted by Gasteiger charge is -2.27. The van der Waals surface area contributed by atoms with Gasteiger partial charge in [-0.3, -0.25) is 9.59 Å². The van der Waals surface area contributed by atoms with Gasteiger partial charge in [-0.25, -0.2) is 8.78 Å². The average Bonchev–Trinajstić information content (AvgIpc) is 2.26. The summed E-state index contributed by atoms with van der Waals surface area (Å²) in [4.78, 5) is 23.0. The first-order valence-corrected chi connectivity index (χ1v) is 5.73. The van der Waals surface area contributed by atoms with Crippen LogP contribution in [0.1, 0.15) is 20.8 Å². The third-order valence-corrected chi connectivity index (χ3v) is 2.06. The van der Waals surface area contributed by atoms with Gasteiger partial charge in [0.25, 0.3) is 5.91 Å². The molecule has 0 saturated carbocycles. The molecule has 0 aromatic rings. The Morgan fingerprint density at radius 1 is 1.26 bits per heavy atom. The fraction of sp³-hybridized carbons (Fsp3) is 0.818. The largest absolute Gasteiger partial charge is 0.465 e. The molecule has 19 heavy (non-hydrogen) atoms. The number of hydrogen-bond acceptors (Lipinski definition) is 3. The highest BCUT2D eigenvalue weighted by Gasteiger charge is 2.51. The molecule has 0 aliphatic carbocycles. The van der Waals surface area contributed by atoms with Gasteiger partial charge in [-0.2, -0.15) is 8.78 Å². The predicted octanol–water partition coefficient (Wildman–Crippen LogP) is 1.93. The number of carbonyl (C=O) groups excluding carboxylic acids is 2. The molecular weight excluding hydrogens is 270 g/mol. The second kappa shape index (κ2) is 7.30. The lowest BCUT2D eigenvalue weighted by molar-refractivity contribution is -0.183. The van der Waals surface area contributed by atoms with Crippen LogP contribution in [0.2, 0.25) is 0 Å². The van der Waals surface area contributed by atoms with E-state index < -0.39 is 30.8 Å². The zero-order valence-corrected chi connectivity index (χ0v) is 11.0. The fourth-order valence-electron chi connectivity index (χ4n) is 1.33. The van der Waals surface area contributed by atoms with Gasteiger partial charge < -0.3 is 9.64 Å². The van der Waals surface area contributed by atoms with E-state index in [-0.39, 0.29) is 19.1 Å². The molecular formula is C11H17F4NO3. The second-order valence-electron chi connectivity index (χ2n) is 4.31. The summed E-state index contributed by atoms with van der Waals surface area (Å²) in [6.07, 6.45) is -4.11. The number of alkyl halides is 4. The maximum Gasteiger partial charge on any atom is 0.383 e. The zero-order chi connectivity index (χ0) is 15.2. The molecule has 0 aromatic heterocycles. The molecule has 0 fully saturated rings. The molecule has 0 unspecified atom stereocenters. The van der Waals surface area contributed by atoms with Crippen molar-refractivity contribution in [3.8, 4) is 0 Å². The van der Waals surface area contributed by atoms with Crippen LogP contribution in [-0.2, 0) is 14.3 Å². The van der Waals surface area contributed by atoms with Crippen molar-refractivity contribution in [2.75, 3.05) is 19.7 Å². The third kappa shape index (κ3) is 5.44. The molecule has 4 nitrogen and oxygen atoms in total. The fourth-order valence-corrected chi connectivity index (χ4v) is 1.33. The van der Waals surface area contributed by atoms with Gasteiger partial charge in [-0.05, 0) is 12.8 Å². The molecule has 0 atom stereocenters. The Morgan fingerprint density at radius 2 is 1.79 bits per heavy atom. The molecule has 112 valence electrons. The van der Waals surface area contributed by atoms with Crippen molar-refractivity contribution < 1.29 is 31.9 Å². The Kier molecular flexibility index (Phi) is 6.78. The van der Waals surface area contributed by atoms with Crippen LogP contribution in [0.5, 0.6) is 0 Å². The summed E-state index contributed by atoms with van der Waals surface area (Å²) in [5.41, 5.74) is 0. The van der Waals surface area contributed by atoms with Gasteiger partial charge >= 0.3 is 18.3 Å². The van der Waals surface area contributed by atoms with Crippen LogP contribution in [0.3, 0.4) is 0 Å². The van der Waals surface area contributed by atoms with Gasteiger partial charge in [0, 0.05) is 6.54 Å². The highest BCUT2D eigenvalue weighted by atomic mass is 19.3. The Labute approximate surface area is 108 Å². The number of hydrogen-bond donors (Lipinski definition) is 0. The Bertz CT molecular complexity index is 321. The van der Waals surface area contributed by atoms with Gasteiger partial charge in [0.05, 0.1) is 6.61 Å². The molecule has 0 aromatic carbocycles. The van der Waals surface area contributed by atoms with E-state index in [2.05, 4.69) is 4.74 Å². The van der Waals surface area contributed by atoms with Crippen LogP contribution in [0, 0.1) is 5.92 Å². The molecule has 0 spiro atoms. The SMILES string of the molecule is CCOC(=O)CN(CC(C)C)C(=O)C(F)(F)C(F)F. The molecule has 0 aliphatic heterocycles. The summed E-state index contributed by atoms with van der Waals surface area (Å²) >= 11 is 0. The van der Waals surface area contributed by atoms with Crippen molar-refractivity contribution >= 4 is 11.9 Å². The highest BCUT2D eigenvalue weighted by Crippen LogP contribution is 2.25. The average molecular weight is 287 g/mol. The van der Waals surface area contributed by atoms with Crippen LogP contribution in [0.4, 0.5) is 17.6 Å². The number of rotatable bonds is 7. The number of amides is 1. The van der Waals surface area contributed by atoms with Gasteiger partial charge in [-0.1, -0.05) is 13.8 Å². The van der Waals surface area contributed by atoms with Crippen molar-refractivity contribution in [1.29, 1.82) is 0 Å². The Balaban J connectivity index is 4.94. The van der Waals surface area contributed by atoms with Crippen LogP contribution in [0.25, 0.3) is 0 Å². The first-order valence-electron chi connectivity index (χ1n) is 5.73. The van der Waals surface area contributed by atoms with E-state index in [1.54, 1.807) is 13.8 Å². The van der Waals surface area contributed by atoms with Crippen molar-refractivity contribution in [1.82, 2.24) is 4.90 Å². The van der Waals surface area contributed by atoms with E-state index in [0.29, 0.717) is 4.90 Å². The minimum atomic E-state index is -4.80. The number of ether oxygens (including phenoxy) is 1. The summed E-state index contributed by atoms with van der Waals surface area (Å²) in [7, 11) is 0. The molecule has 0 radical (unpaired) electrons. The zero-order valence-electron chi connectivity index (χ0n) is 11.0. The normalized spacial score (nSPS) is 11.8. The first-order chi connectivity index (χ1) is 8.62. The number of esters is 1. The van der Waals surface area contributed by atoms with Crippen molar-refractivity contribution in [2.45, 2.75) is 33.1 Å². The maximum absolute atomic E-state index is 13.0. The number of carbonyl (C=O) groups is 2. The predicted molar refractivity (Wildman–Crippen MR) is 59.0 cm³/mol. The van der Waals surface area contributed by atoms with Crippen LogP contribution in [-0.4, -0.2) is 48.8 Å². The van der Waals surface area contributed by atoms with Gasteiger partial charge in [-0.15, -0.1) is 0 Å². The van der Waals surface area contributed by atoms with Gasteiger partial charge in [0.1, 0.15) is 6.54 Å². The van der Waals surface area contributed by atoms with E-state index >= 15 is 0 Å². The molecule has 1 amide bonds. The van der Waals surface area contributed by atoms with Crippen molar-refractivity contribution in [3.05, 3.63) is 0 Å². The van der Waals surface area contributed by atoms with Crippen molar-refractivity contribution in [3.63, 3.8) is 0 Å². The lowest BCUT2D eigenvalue weighted by atomic mass is 10.2. The minimum Gasteiger partial charge on any atom is -0.465 e. The van der Waals surface area contributed by atoms with Crippen LogP contribution >= 0.6 is 0 Å². The molecule has 0 bridgehead atoms. The van der Waals surface area contributed by atoms with E-state index in [1.165, 1.54) is 6.92 Å². The lowest BCUT2D eigenvalue weighted by Crippen LogP contribution is -2.50. The highest BCUT2D eigenvalue weighted by molar-refractivity contribution is 5.87. The summed E-state index contributed by atoms with van der Waals surface area (Å²) in [5, 5.41) is 0. The van der Waals surface area contributed by atoms with Crippen LogP contribution < -0.4 is 0 Å². The summed E-state index contributed by atoms with van der Waals surface area (Å²) in [6.45, 7) is 3.71. The first kappa shape index (κ1) is 17.7. The van der Waals surface area contributed by atoms with Gasteiger partial charge in [0.2, 0.25) is 0 Å². The molecule has 8 heteroatoms. The van der Waals surface area contributed by atoms with E-state index in [9.17, 15) is 27.2 Å². The Hall–Kier alpha value is -1.34. The van der Waals surface area contributed by atoms with Gasteiger partial charge in [0.15, 0.2) is 0 Å². The smallest absolute Gasteiger partial charge is 0.383 e. The standard InChI is InChI=1S/C11H17F4NO3/c1-4-19-8(17)6-16(5-7(2)3)10(18)11(14,15)9(12)13/h7,9H,4-6H2,1-3H3. The molecule has 0 aliphatic rings. The Morgan fingerprint density at radius 3 is 2.16 bits per heavy atom. The minimum absolute atomic E-state index is 0.00772. The molecule has 0 saturated heterocycles. The maximum atomic E-state index is 13.0. The summed E-state index contributed by atoms with van der Waals surface area (Å²) in [5.74, 6) is -8.04. The third-order valence-electron chi connectivity index (χ3n) is 2.06. The number of halogens is 4. The topological polar surface area (TPSA) is 46.6 Å². The van der Waals surface area contributed by atoms with Crippen LogP contribution in [0.15, 0.2) is 0 Å². The molecule has 0 N–H and O–H groups in total. The monoisotopic (exact) mass is 287 g/mol. The van der Waals surface area contributed by atoms with Crippen molar-refractivity contribution in [2.24, 2.45) is 5.92 Å².